The maximum atomic E-state index is 13.4. The van der Waals surface area contributed by atoms with Crippen LogP contribution in [0.3, 0.4) is 0 Å². The number of ether oxygens (including phenoxy) is 2. The summed E-state index contributed by atoms with van der Waals surface area (Å²) in [4.78, 5) is 10.3. The molecule has 1 atom stereocenters. The Labute approximate surface area is 132 Å². The molecule has 0 saturated carbocycles. The molecule has 5 nitrogen and oxygen atoms in total. The van der Waals surface area contributed by atoms with Crippen LogP contribution in [-0.4, -0.2) is 36.3 Å². The molecule has 0 N–H and O–H groups in total. The first kappa shape index (κ1) is 15.6. The van der Waals surface area contributed by atoms with Crippen LogP contribution >= 0.6 is 0 Å². The average Bonchev–Trinajstić information content (AvgIpc) is 2.58. The highest BCUT2D eigenvalue weighted by atomic mass is 19.2. The summed E-state index contributed by atoms with van der Waals surface area (Å²) in [6.07, 6.45) is 1.10. The average molecular weight is 321 g/mol. The smallest absolute Gasteiger partial charge is 0.218 e. The zero-order valence-corrected chi connectivity index (χ0v) is 12.7. The standard InChI is InChI=1S/C16H17F2N3O2/c1-2-22-16-8-15(19-10-20-16)21-5-6-23-14(9-21)11-3-4-12(17)13(18)7-11/h3-4,7-8,10,14H,2,5-6,9H2,1H3. The lowest BCUT2D eigenvalue weighted by molar-refractivity contribution is 0.0392. The van der Waals surface area contributed by atoms with Gasteiger partial charge in [-0.3, -0.25) is 0 Å². The summed E-state index contributed by atoms with van der Waals surface area (Å²) < 4.78 is 37.5. The molecule has 1 aromatic heterocycles. The van der Waals surface area contributed by atoms with Gasteiger partial charge >= 0.3 is 0 Å². The van der Waals surface area contributed by atoms with E-state index in [4.69, 9.17) is 9.47 Å². The van der Waals surface area contributed by atoms with Crippen molar-refractivity contribution in [1.82, 2.24) is 9.97 Å². The summed E-state index contributed by atoms with van der Waals surface area (Å²) in [5, 5.41) is 0. The van der Waals surface area contributed by atoms with Gasteiger partial charge in [-0.15, -0.1) is 0 Å². The fourth-order valence-electron chi connectivity index (χ4n) is 2.50. The van der Waals surface area contributed by atoms with Gasteiger partial charge in [-0.25, -0.2) is 18.7 Å². The number of hydrogen-bond donors (Lipinski definition) is 0. The quantitative estimate of drug-likeness (QED) is 0.866. The molecule has 2 heterocycles. The molecule has 0 spiro atoms. The maximum Gasteiger partial charge on any atom is 0.218 e. The number of anilines is 1. The molecule has 0 amide bonds. The highest BCUT2D eigenvalue weighted by Gasteiger charge is 2.24. The minimum atomic E-state index is -0.871. The summed E-state index contributed by atoms with van der Waals surface area (Å²) in [6, 6.07) is 5.59. The fourth-order valence-corrected chi connectivity index (χ4v) is 2.50. The summed E-state index contributed by atoms with van der Waals surface area (Å²) in [5.74, 6) is -0.504. The van der Waals surface area contributed by atoms with Gasteiger partial charge in [0.2, 0.25) is 5.88 Å². The highest BCUT2D eigenvalue weighted by Crippen LogP contribution is 2.27. The van der Waals surface area contributed by atoms with E-state index in [1.807, 2.05) is 11.8 Å². The van der Waals surface area contributed by atoms with Crippen molar-refractivity contribution in [2.45, 2.75) is 13.0 Å². The fraction of sp³-hybridized carbons (Fsp3) is 0.375. The van der Waals surface area contributed by atoms with Crippen molar-refractivity contribution in [3.05, 3.63) is 47.8 Å². The van der Waals surface area contributed by atoms with Gasteiger partial charge in [-0.2, -0.15) is 0 Å². The number of halogens is 2. The van der Waals surface area contributed by atoms with E-state index in [-0.39, 0.29) is 6.10 Å². The normalized spacial score (nSPS) is 18.0. The number of morpholine rings is 1. The molecule has 0 bridgehead atoms. The van der Waals surface area contributed by atoms with Crippen molar-refractivity contribution in [3.63, 3.8) is 0 Å². The van der Waals surface area contributed by atoms with E-state index in [1.165, 1.54) is 18.5 Å². The molecule has 3 rings (SSSR count). The Morgan fingerprint density at radius 3 is 2.91 bits per heavy atom. The van der Waals surface area contributed by atoms with Crippen LogP contribution in [0.2, 0.25) is 0 Å². The van der Waals surface area contributed by atoms with Gasteiger partial charge < -0.3 is 14.4 Å². The topological polar surface area (TPSA) is 47.5 Å². The second-order valence-electron chi connectivity index (χ2n) is 5.13. The molecular formula is C16H17F2N3O2. The molecule has 0 radical (unpaired) electrons. The lowest BCUT2D eigenvalue weighted by atomic mass is 10.1. The van der Waals surface area contributed by atoms with E-state index in [1.54, 1.807) is 6.07 Å². The van der Waals surface area contributed by atoms with Crippen LogP contribution in [-0.2, 0) is 4.74 Å². The Balaban J connectivity index is 1.77. The first-order valence-corrected chi connectivity index (χ1v) is 7.43. The third kappa shape index (κ3) is 3.56. The van der Waals surface area contributed by atoms with Crippen LogP contribution in [0.15, 0.2) is 30.6 Å². The first-order valence-electron chi connectivity index (χ1n) is 7.43. The Morgan fingerprint density at radius 1 is 1.26 bits per heavy atom. The Hall–Kier alpha value is -2.28. The van der Waals surface area contributed by atoms with Crippen LogP contribution in [0, 0.1) is 11.6 Å². The number of nitrogens with zero attached hydrogens (tertiary/aromatic N) is 3. The lowest BCUT2D eigenvalue weighted by Crippen LogP contribution is -2.38. The molecule has 1 fully saturated rings. The molecule has 1 aliphatic heterocycles. The summed E-state index contributed by atoms with van der Waals surface area (Å²) >= 11 is 0. The molecule has 23 heavy (non-hydrogen) atoms. The molecule has 122 valence electrons. The van der Waals surface area contributed by atoms with E-state index < -0.39 is 11.6 Å². The van der Waals surface area contributed by atoms with Crippen LogP contribution in [0.4, 0.5) is 14.6 Å². The third-order valence-corrected chi connectivity index (χ3v) is 3.63. The van der Waals surface area contributed by atoms with Crippen molar-refractivity contribution in [1.29, 1.82) is 0 Å². The van der Waals surface area contributed by atoms with E-state index in [2.05, 4.69) is 9.97 Å². The van der Waals surface area contributed by atoms with Crippen LogP contribution in [0.25, 0.3) is 0 Å². The Morgan fingerprint density at radius 2 is 2.13 bits per heavy atom. The predicted molar refractivity (Wildman–Crippen MR) is 80.5 cm³/mol. The molecule has 7 heteroatoms. The van der Waals surface area contributed by atoms with Gasteiger partial charge in [-0.05, 0) is 24.6 Å². The van der Waals surface area contributed by atoms with Crippen LogP contribution < -0.4 is 9.64 Å². The van der Waals surface area contributed by atoms with E-state index >= 15 is 0 Å². The van der Waals surface area contributed by atoms with Gasteiger partial charge in [0.1, 0.15) is 18.2 Å². The third-order valence-electron chi connectivity index (χ3n) is 3.63. The summed E-state index contributed by atoms with van der Waals surface area (Å²) in [7, 11) is 0. The zero-order valence-electron chi connectivity index (χ0n) is 12.7. The predicted octanol–water partition coefficient (Wildman–Crippen LogP) is 2.73. The van der Waals surface area contributed by atoms with Gasteiger partial charge in [0, 0.05) is 19.2 Å². The van der Waals surface area contributed by atoms with E-state index in [0.717, 1.165) is 11.9 Å². The van der Waals surface area contributed by atoms with Gasteiger partial charge in [0.05, 0.1) is 13.2 Å². The Bertz CT molecular complexity index is 684. The zero-order chi connectivity index (χ0) is 16.2. The molecule has 1 unspecified atom stereocenters. The number of aromatic nitrogens is 2. The second-order valence-corrected chi connectivity index (χ2v) is 5.13. The largest absolute Gasteiger partial charge is 0.478 e. The van der Waals surface area contributed by atoms with Crippen molar-refractivity contribution in [2.75, 3.05) is 31.2 Å². The molecule has 1 aliphatic rings. The van der Waals surface area contributed by atoms with Crippen LogP contribution in [0.1, 0.15) is 18.6 Å². The van der Waals surface area contributed by atoms with Crippen molar-refractivity contribution >= 4 is 5.82 Å². The highest BCUT2D eigenvalue weighted by molar-refractivity contribution is 5.42. The van der Waals surface area contributed by atoms with E-state index in [0.29, 0.717) is 37.7 Å². The maximum absolute atomic E-state index is 13.4. The minimum absolute atomic E-state index is 0.343. The molecule has 0 aliphatic carbocycles. The molecule has 2 aromatic rings. The van der Waals surface area contributed by atoms with Gasteiger partial charge in [-0.1, -0.05) is 6.07 Å². The minimum Gasteiger partial charge on any atom is -0.478 e. The van der Waals surface area contributed by atoms with Crippen molar-refractivity contribution in [3.8, 4) is 5.88 Å². The SMILES string of the molecule is CCOc1cc(N2CCOC(c3ccc(F)c(F)c3)C2)ncn1. The van der Waals surface area contributed by atoms with Crippen molar-refractivity contribution in [2.24, 2.45) is 0 Å². The van der Waals surface area contributed by atoms with Crippen LogP contribution in [0.5, 0.6) is 5.88 Å². The van der Waals surface area contributed by atoms with Gasteiger partial charge in [0.15, 0.2) is 11.6 Å². The van der Waals surface area contributed by atoms with Crippen molar-refractivity contribution < 1.29 is 18.3 Å². The second kappa shape index (κ2) is 6.87. The molecule has 1 aromatic carbocycles. The summed E-state index contributed by atoms with van der Waals surface area (Å²) in [6.45, 7) is 4.03. The van der Waals surface area contributed by atoms with Gasteiger partial charge in [0.25, 0.3) is 0 Å². The lowest BCUT2D eigenvalue weighted by Gasteiger charge is -2.34. The number of rotatable bonds is 4. The molecule has 1 saturated heterocycles. The molecular weight excluding hydrogens is 304 g/mol. The monoisotopic (exact) mass is 321 g/mol. The number of hydrogen-bond acceptors (Lipinski definition) is 5. The first-order chi connectivity index (χ1) is 11.2. The van der Waals surface area contributed by atoms with E-state index in [9.17, 15) is 8.78 Å². The number of benzene rings is 1. The summed E-state index contributed by atoms with van der Waals surface area (Å²) in [5.41, 5.74) is 0.604. The Kier molecular flexibility index (Phi) is 4.66.